The van der Waals surface area contributed by atoms with Gasteiger partial charge in [-0.25, -0.2) is 0 Å². The Morgan fingerprint density at radius 1 is 1.62 bits per heavy atom. The predicted molar refractivity (Wildman–Crippen MR) is 33.3 cm³/mol. The van der Waals surface area contributed by atoms with Crippen molar-refractivity contribution in [3.8, 4) is 0 Å². The van der Waals surface area contributed by atoms with E-state index in [4.69, 9.17) is 17.3 Å². The van der Waals surface area contributed by atoms with E-state index < -0.39 is 0 Å². The summed E-state index contributed by atoms with van der Waals surface area (Å²) in [6.45, 7) is 0.560. The fraction of sp³-hybridized carbons (Fsp3) is 0.500. The van der Waals surface area contributed by atoms with Crippen molar-refractivity contribution in [1.82, 2.24) is 5.43 Å². The number of hydrogen-bond donors (Lipinski definition) is 4. The molecule has 0 aliphatic rings. The zero-order valence-electron chi connectivity index (χ0n) is 4.72. The zero-order valence-corrected chi connectivity index (χ0v) is 4.72. The number of nitrogens with two attached hydrogens (primary N) is 3. The van der Waals surface area contributed by atoms with Crippen molar-refractivity contribution in [3.05, 3.63) is 11.9 Å². The van der Waals surface area contributed by atoms with Crippen LogP contribution in [-0.4, -0.2) is 6.54 Å². The van der Waals surface area contributed by atoms with Crippen LogP contribution in [0.5, 0.6) is 0 Å². The normalized spacial score (nSPS) is 11.5. The van der Waals surface area contributed by atoms with Gasteiger partial charge in [-0.2, -0.15) is 0 Å². The van der Waals surface area contributed by atoms with Crippen LogP contribution in [0.4, 0.5) is 0 Å². The summed E-state index contributed by atoms with van der Waals surface area (Å²) in [6, 6.07) is 0. The molecule has 7 N–H and O–H groups in total. The first-order valence-electron chi connectivity index (χ1n) is 2.42. The van der Waals surface area contributed by atoms with E-state index >= 15 is 0 Å². The van der Waals surface area contributed by atoms with Gasteiger partial charge in [-0.05, 0) is 6.54 Å². The quantitative estimate of drug-likeness (QED) is 0.269. The molecule has 0 saturated heterocycles. The van der Waals surface area contributed by atoms with Gasteiger partial charge in [0.15, 0.2) is 0 Å². The maximum atomic E-state index is 5.33. The second-order valence-corrected chi connectivity index (χ2v) is 1.42. The van der Waals surface area contributed by atoms with Crippen molar-refractivity contribution in [2.75, 3.05) is 6.54 Å². The molecule has 4 nitrogen and oxygen atoms in total. The van der Waals surface area contributed by atoms with E-state index in [2.05, 4.69) is 5.43 Å². The minimum atomic E-state index is 0.560. The molecule has 0 heterocycles. The van der Waals surface area contributed by atoms with Gasteiger partial charge in [0.2, 0.25) is 0 Å². The maximum Gasteiger partial charge on any atom is 0.0311 e. The summed E-state index contributed by atoms with van der Waals surface area (Å²) in [6.07, 6.45) is 2.21. The maximum absolute atomic E-state index is 5.33. The molecule has 0 aliphatic carbocycles. The van der Waals surface area contributed by atoms with E-state index in [1.54, 1.807) is 0 Å². The van der Waals surface area contributed by atoms with Gasteiger partial charge in [0.05, 0.1) is 0 Å². The molecule has 0 aromatic carbocycles. The topological polar surface area (TPSA) is 90.1 Å². The van der Waals surface area contributed by atoms with Crippen LogP contribution in [-0.2, 0) is 0 Å². The molecule has 0 radical (unpaired) electrons. The average molecular weight is 116 g/mol. The van der Waals surface area contributed by atoms with Crippen molar-refractivity contribution in [2.24, 2.45) is 17.3 Å². The monoisotopic (exact) mass is 116 g/mol. The Kier molecular flexibility index (Phi) is 4.01. The Hall–Kier alpha value is -0.740. The van der Waals surface area contributed by atoms with Gasteiger partial charge < -0.3 is 16.9 Å². The first kappa shape index (κ1) is 7.26. The first-order chi connectivity index (χ1) is 3.81. The highest BCUT2D eigenvalue weighted by Crippen LogP contribution is 1.83. The lowest BCUT2D eigenvalue weighted by Crippen LogP contribution is -2.17. The fourth-order valence-electron chi connectivity index (χ4n) is 0.346. The van der Waals surface area contributed by atoms with Gasteiger partial charge in [-0.1, -0.05) is 0 Å². The second kappa shape index (κ2) is 4.42. The van der Waals surface area contributed by atoms with Crippen molar-refractivity contribution in [1.29, 1.82) is 0 Å². The number of rotatable bonds is 3. The standard InChI is InChI=1S/C4H12N4/c5-2-1-4(6)3-8-7/h3,8H,1-2,5-7H2/b4-3-. The van der Waals surface area contributed by atoms with Crippen LogP contribution < -0.4 is 22.7 Å². The van der Waals surface area contributed by atoms with Crippen LogP contribution in [0, 0.1) is 0 Å². The predicted octanol–water partition coefficient (Wildman–Crippen LogP) is -1.40. The van der Waals surface area contributed by atoms with Crippen LogP contribution >= 0.6 is 0 Å². The van der Waals surface area contributed by atoms with E-state index in [1.807, 2.05) is 0 Å². The Morgan fingerprint density at radius 3 is 2.62 bits per heavy atom. The number of hydrazine groups is 1. The summed E-state index contributed by atoms with van der Waals surface area (Å²) in [7, 11) is 0. The lowest BCUT2D eigenvalue weighted by atomic mass is 10.3. The molecular formula is C4H12N4. The molecule has 8 heavy (non-hydrogen) atoms. The molecule has 0 saturated carbocycles. The van der Waals surface area contributed by atoms with Gasteiger partial charge >= 0.3 is 0 Å². The van der Waals surface area contributed by atoms with E-state index in [1.165, 1.54) is 6.20 Å². The summed E-state index contributed by atoms with van der Waals surface area (Å²) >= 11 is 0. The van der Waals surface area contributed by atoms with Crippen LogP contribution in [0.2, 0.25) is 0 Å². The molecule has 0 aliphatic heterocycles. The highest BCUT2D eigenvalue weighted by molar-refractivity contribution is 4.93. The van der Waals surface area contributed by atoms with E-state index in [0.29, 0.717) is 18.7 Å². The third-order valence-corrected chi connectivity index (χ3v) is 0.702. The number of hydrogen-bond acceptors (Lipinski definition) is 4. The summed E-state index contributed by atoms with van der Waals surface area (Å²) in [5, 5.41) is 0. The third-order valence-electron chi connectivity index (χ3n) is 0.702. The largest absolute Gasteiger partial charge is 0.401 e. The summed E-state index contributed by atoms with van der Waals surface area (Å²) in [5.74, 6) is 4.91. The molecule has 0 rings (SSSR count). The molecule has 0 aromatic rings. The highest BCUT2D eigenvalue weighted by Gasteiger charge is 1.82. The summed E-state index contributed by atoms with van der Waals surface area (Å²) < 4.78 is 0. The van der Waals surface area contributed by atoms with Crippen LogP contribution in [0.15, 0.2) is 11.9 Å². The summed E-state index contributed by atoms with van der Waals surface area (Å²) in [5.41, 5.74) is 13.5. The Bertz CT molecular complexity index is 78.1. The molecule has 48 valence electrons. The van der Waals surface area contributed by atoms with Crippen LogP contribution in [0.1, 0.15) is 6.42 Å². The molecule has 0 fully saturated rings. The molecule has 0 unspecified atom stereocenters. The highest BCUT2D eigenvalue weighted by atomic mass is 15.2. The fourth-order valence-corrected chi connectivity index (χ4v) is 0.346. The smallest absolute Gasteiger partial charge is 0.0311 e. The van der Waals surface area contributed by atoms with E-state index in [0.717, 1.165) is 0 Å². The van der Waals surface area contributed by atoms with Gasteiger partial charge in [0.25, 0.3) is 0 Å². The van der Waals surface area contributed by atoms with Gasteiger partial charge in [0, 0.05) is 18.3 Å². The van der Waals surface area contributed by atoms with Crippen molar-refractivity contribution in [2.45, 2.75) is 6.42 Å². The number of nitrogens with one attached hydrogen (secondary N) is 1. The minimum absolute atomic E-state index is 0.560. The van der Waals surface area contributed by atoms with Crippen molar-refractivity contribution < 1.29 is 0 Å². The zero-order chi connectivity index (χ0) is 6.41. The third kappa shape index (κ3) is 3.45. The molecule has 4 heteroatoms. The van der Waals surface area contributed by atoms with Gasteiger partial charge in [0.1, 0.15) is 0 Å². The van der Waals surface area contributed by atoms with Gasteiger partial charge in [-0.15, -0.1) is 0 Å². The van der Waals surface area contributed by atoms with Crippen LogP contribution in [0.25, 0.3) is 0 Å². The molecule has 0 bridgehead atoms. The molecule has 0 atom stereocenters. The molecule has 0 amide bonds. The van der Waals surface area contributed by atoms with Crippen molar-refractivity contribution >= 4 is 0 Å². The minimum Gasteiger partial charge on any atom is -0.401 e. The lowest BCUT2D eigenvalue weighted by molar-refractivity contribution is 0.882. The van der Waals surface area contributed by atoms with Gasteiger partial charge in [-0.3, -0.25) is 5.84 Å². The Balaban J connectivity index is 3.29. The van der Waals surface area contributed by atoms with E-state index in [-0.39, 0.29) is 0 Å². The van der Waals surface area contributed by atoms with Crippen LogP contribution in [0.3, 0.4) is 0 Å². The molecule has 0 spiro atoms. The Morgan fingerprint density at radius 2 is 2.25 bits per heavy atom. The summed E-state index contributed by atoms with van der Waals surface area (Å²) in [4.78, 5) is 0. The Labute approximate surface area is 48.7 Å². The SMILES string of the molecule is NCC/C(N)=C/NN. The van der Waals surface area contributed by atoms with Crippen molar-refractivity contribution in [3.63, 3.8) is 0 Å². The molecular weight excluding hydrogens is 104 g/mol. The van der Waals surface area contributed by atoms with E-state index in [9.17, 15) is 0 Å². The lowest BCUT2D eigenvalue weighted by Gasteiger charge is -1.95. The second-order valence-electron chi connectivity index (χ2n) is 1.42. The molecule has 0 aromatic heterocycles. The first-order valence-corrected chi connectivity index (χ1v) is 2.42. The average Bonchev–Trinajstić information content (AvgIpc) is 1.68.